The summed E-state index contributed by atoms with van der Waals surface area (Å²) < 4.78 is 7.85. The number of thiazole rings is 1. The van der Waals surface area contributed by atoms with E-state index in [1.165, 1.54) is 4.88 Å². The zero-order valence-electron chi connectivity index (χ0n) is 7.32. The Morgan fingerprint density at radius 2 is 2.36 bits per heavy atom. The molecule has 14 heavy (non-hydrogen) atoms. The number of nitrogens with zero attached hydrogens (tertiary/aromatic N) is 3. The van der Waals surface area contributed by atoms with Crippen molar-refractivity contribution in [1.29, 1.82) is 0 Å². The standard InChI is InChI=1S/C7H7ClN4S2/c1-4-2-9-5(13-4)3-10-7-6(8)11-14-12-7/h2H,3H2,1H3,(H,10,12). The van der Waals surface area contributed by atoms with Crippen molar-refractivity contribution in [2.45, 2.75) is 13.5 Å². The van der Waals surface area contributed by atoms with E-state index in [-0.39, 0.29) is 0 Å². The van der Waals surface area contributed by atoms with E-state index in [4.69, 9.17) is 11.6 Å². The van der Waals surface area contributed by atoms with Gasteiger partial charge >= 0.3 is 0 Å². The van der Waals surface area contributed by atoms with Crippen LogP contribution in [0.15, 0.2) is 6.20 Å². The summed E-state index contributed by atoms with van der Waals surface area (Å²) in [6, 6.07) is 0. The lowest BCUT2D eigenvalue weighted by Gasteiger charge is -1.98. The second kappa shape index (κ2) is 4.20. The van der Waals surface area contributed by atoms with Crippen LogP contribution in [0.2, 0.25) is 5.15 Å². The largest absolute Gasteiger partial charge is 0.360 e. The lowest BCUT2D eigenvalue weighted by Crippen LogP contribution is -1.99. The van der Waals surface area contributed by atoms with E-state index in [9.17, 15) is 0 Å². The summed E-state index contributed by atoms with van der Waals surface area (Å²) in [5, 5.41) is 4.51. The van der Waals surface area contributed by atoms with E-state index in [2.05, 4.69) is 19.0 Å². The Bertz CT molecular complexity index is 425. The molecule has 0 saturated carbocycles. The second-order valence-corrected chi connectivity index (χ2v) is 4.83. The predicted molar refractivity (Wildman–Crippen MR) is 59.1 cm³/mol. The van der Waals surface area contributed by atoms with Gasteiger partial charge in [-0.1, -0.05) is 11.6 Å². The molecule has 0 aliphatic carbocycles. The molecule has 74 valence electrons. The number of aromatic nitrogens is 3. The second-order valence-electron chi connectivity index (χ2n) is 2.62. The first-order chi connectivity index (χ1) is 6.75. The van der Waals surface area contributed by atoms with Crippen molar-refractivity contribution >= 4 is 40.5 Å². The van der Waals surface area contributed by atoms with Gasteiger partial charge in [0.15, 0.2) is 11.0 Å². The first-order valence-electron chi connectivity index (χ1n) is 3.89. The average Bonchev–Trinajstić information content (AvgIpc) is 2.72. The van der Waals surface area contributed by atoms with Gasteiger partial charge in [0.2, 0.25) is 0 Å². The van der Waals surface area contributed by atoms with Crippen molar-refractivity contribution in [2.24, 2.45) is 0 Å². The number of hydrogen-bond acceptors (Lipinski definition) is 6. The van der Waals surface area contributed by atoms with Crippen molar-refractivity contribution in [2.75, 3.05) is 5.32 Å². The van der Waals surface area contributed by atoms with Crippen LogP contribution in [0.5, 0.6) is 0 Å². The molecule has 0 aliphatic rings. The van der Waals surface area contributed by atoms with Crippen LogP contribution in [-0.2, 0) is 6.54 Å². The van der Waals surface area contributed by atoms with Gasteiger partial charge in [0.05, 0.1) is 18.3 Å². The quantitative estimate of drug-likeness (QED) is 0.905. The zero-order chi connectivity index (χ0) is 9.97. The SMILES string of the molecule is Cc1cnc(CNc2nsnc2Cl)s1. The van der Waals surface area contributed by atoms with Gasteiger partial charge in [-0.3, -0.25) is 0 Å². The van der Waals surface area contributed by atoms with E-state index in [1.807, 2.05) is 13.1 Å². The van der Waals surface area contributed by atoms with Gasteiger partial charge in [0, 0.05) is 11.1 Å². The van der Waals surface area contributed by atoms with Gasteiger partial charge in [0.25, 0.3) is 0 Å². The molecule has 2 heterocycles. The Morgan fingerprint density at radius 3 is 2.93 bits per heavy atom. The Balaban J connectivity index is 1.98. The lowest BCUT2D eigenvalue weighted by molar-refractivity contribution is 1.09. The fourth-order valence-corrected chi connectivity index (χ4v) is 2.34. The maximum atomic E-state index is 5.77. The van der Waals surface area contributed by atoms with Crippen LogP contribution in [0, 0.1) is 6.92 Å². The molecule has 0 spiro atoms. The molecular weight excluding hydrogens is 240 g/mol. The highest BCUT2D eigenvalue weighted by molar-refractivity contribution is 7.11. The Labute approximate surface area is 94.3 Å². The molecule has 0 amide bonds. The van der Waals surface area contributed by atoms with Crippen LogP contribution in [-0.4, -0.2) is 13.7 Å². The fraction of sp³-hybridized carbons (Fsp3) is 0.286. The number of halogens is 1. The Kier molecular flexibility index (Phi) is 2.95. The zero-order valence-corrected chi connectivity index (χ0v) is 9.71. The minimum absolute atomic E-state index is 0.420. The van der Waals surface area contributed by atoms with Crippen LogP contribution in [0.4, 0.5) is 5.82 Å². The monoisotopic (exact) mass is 246 g/mol. The minimum atomic E-state index is 0.420. The molecule has 7 heteroatoms. The first kappa shape index (κ1) is 9.82. The van der Waals surface area contributed by atoms with Gasteiger partial charge < -0.3 is 5.32 Å². The van der Waals surface area contributed by atoms with Crippen molar-refractivity contribution in [1.82, 2.24) is 13.7 Å². The molecule has 0 radical (unpaired) electrons. The summed E-state index contributed by atoms with van der Waals surface area (Å²) in [6.45, 7) is 2.67. The van der Waals surface area contributed by atoms with E-state index in [1.54, 1.807) is 11.3 Å². The van der Waals surface area contributed by atoms with Gasteiger partial charge in [0.1, 0.15) is 5.01 Å². The van der Waals surface area contributed by atoms with E-state index in [0.717, 1.165) is 16.7 Å². The maximum Gasteiger partial charge on any atom is 0.186 e. The average molecular weight is 247 g/mol. The minimum Gasteiger partial charge on any atom is -0.360 e. The molecular formula is C7H7ClN4S2. The Morgan fingerprint density at radius 1 is 1.50 bits per heavy atom. The molecule has 0 fully saturated rings. The Hall–Kier alpha value is -0.720. The highest BCUT2D eigenvalue weighted by Gasteiger charge is 2.05. The van der Waals surface area contributed by atoms with Gasteiger partial charge in [-0.15, -0.1) is 11.3 Å². The molecule has 0 saturated heterocycles. The van der Waals surface area contributed by atoms with Gasteiger partial charge in [-0.05, 0) is 6.92 Å². The molecule has 4 nitrogen and oxygen atoms in total. The van der Waals surface area contributed by atoms with Gasteiger partial charge in [-0.2, -0.15) is 8.75 Å². The molecule has 1 N–H and O–H groups in total. The van der Waals surface area contributed by atoms with Crippen LogP contribution >= 0.6 is 34.7 Å². The molecule has 0 aromatic carbocycles. The number of hydrogen-bond donors (Lipinski definition) is 1. The fourth-order valence-electron chi connectivity index (χ4n) is 0.926. The van der Waals surface area contributed by atoms with Crippen LogP contribution in [0.1, 0.15) is 9.88 Å². The summed E-state index contributed by atoms with van der Waals surface area (Å²) in [5.74, 6) is 0.629. The third-order valence-corrected chi connectivity index (χ3v) is 3.33. The highest BCUT2D eigenvalue weighted by Crippen LogP contribution is 2.19. The van der Waals surface area contributed by atoms with E-state index < -0.39 is 0 Å². The number of nitrogens with one attached hydrogen (secondary N) is 1. The maximum absolute atomic E-state index is 5.77. The third kappa shape index (κ3) is 2.20. The normalized spacial score (nSPS) is 10.4. The molecule has 0 atom stereocenters. The number of anilines is 1. The first-order valence-corrected chi connectivity index (χ1v) is 5.81. The molecule has 0 unspecified atom stereocenters. The van der Waals surface area contributed by atoms with Gasteiger partial charge in [-0.25, -0.2) is 4.98 Å². The van der Waals surface area contributed by atoms with Crippen LogP contribution in [0.3, 0.4) is 0 Å². The summed E-state index contributed by atoms with van der Waals surface area (Å²) in [4.78, 5) is 5.41. The lowest BCUT2D eigenvalue weighted by atomic mass is 10.6. The molecule has 0 bridgehead atoms. The number of aryl methyl sites for hydroxylation is 1. The summed E-state index contributed by atoms with van der Waals surface area (Å²) in [6.07, 6.45) is 1.85. The smallest absolute Gasteiger partial charge is 0.186 e. The predicted octanol–water partition coefficient (Wildman–Crippen LogP) is 2.57. The van der Waals surface area contributed by atoms with E-state index >= 15 is 0 Å². The summed E-state index contributed by atoms with van der Waals surface area (Å²) >= 11 is 8.52. The molecule has 2 aromatic rings. The number of rotatable bonds is 3. The van der Waals surface area contributed by atoms with Crippen molar-refractivity contribution in [3.63, 3.8) is 0 Å². The topological polar surface area (TPSA) is 50.7 Å². The van der Waals surface area contributed by atoms with Crippen LogP contribution in [0.25, 0.3) is 0 Å². The van der Waals surface area contributed by atoms with Crippen molar-refractivity contribution in [3.8, 4) is 0 Å². The molecule has 2 aromatic heterocycles. The summed E-state index contributed by atoms with van der Waals surface area (Å²) in [5.41, 5.74) is 0. The van der Waals surface area contributed by atoms with Crippen molar-refractivity contribution in [3.05, 3.63) is 21.2 Å². The van der Waals surface area contributed by atoms with Crippen molar-refractivity contribution < 1.29 is 0 Å². The molecule has 0 aliphatic heterocycles. The van der Waals surface area contributed by atoms with E-state index in [0.29, 0.717) is 17.5 Å². The highest BCUT2D eigenvalue weighted by atomic mass is 35.5. The van der Waals surface area contributed by atoms with Crippen LogP contribution < -0.4 is 5.32 Å². The third-order valence-electron chi connectivity index (χ3n) is 1.52. The summed E-state index contributed by atoms with van der Waals surface area (Å²) in [7, 11) is 0. The molecule has 2 rings (SSSR count).